The lowest BCUT2D eigenvalue weighted by Crippen LogP contribution is -2.50. The van der Waals surface area contributed by atoms with Crippen molar-refractivity contribution in [2.24, 2.45) is 11.1 Å². The van der Waals surface area contributed by atoms with E-state index in [0.29, 0.717) is 21.9 Å². The Morgan fingerprint density at radius 3 is 2.80 bits per heavy atom. The minimum atomic E-state index is -2.82. The van der Waals surface area contributed by atoms with Gasteiger partial charge < -0.3 is 20.3 Å². The molecule has 2 saturated heterocycles. The van der Waals surface area contributed by atoms with Crippen LogP contribution in [0.3, 0.4) is 0 Å². The molecule has 0 aliphatic carbocycles. The van der Waals surface area contributed by atoms with Crippen LogP contribution in [-0.4, -0.2) is 69.0 Å². The van der Waals surface area contributed by atoms with E-state index in [4.69, 9.17) is 25.2 Å². The van der Waals surface area contributed by atoms with Crippen molar-refractivity contribution in [2.45, 2.75) is 49.6 Å². The molecule has 0 amide bonds. The number of nitrogens with zero attached hydrogens (tertiary/aromatic N) is 5. The monoisotopic (exact) mass is 496 g/mol. The molecule has 3 atom stereocenters. The van der Waals surface area contributed by atoms with Crippen LogP contribution in [0.15, 0.2) is 29.3 Å². The molecular formula is C24H32N8O2S. The van der Waals surface area contributed by atoms with Gasteiger partial charge in [-0.05, 0) is 50.3 Å². The minimum Gasteiger partial charge on any atom is -0.376 e. The van der Waals surface area contributed by atoms with Gasteiger partial charge in [0.05, 0.1) is 33.5 Å². The molecule has 5 heterocycles. The van der Waals surface area contributed by atoms with Crippen molar-refractivity contribution in [1.82, 2.24) is 20.2 Å². The fraction of sp³-hybridized carbons (Fsp3) is 0.542. The highest BCUT2D eigenvalue weighted by molar-refractivity contribution is 7.91. The Morgan fingerprint density at radius 1 is 1.29 bits per heavy atom. The third-order valence-electron chi connectivity index (χ3n) is 8.05. The van der Waals surface area contributed by atoms with Crippen molar-refractivity contribution in [3.63, 3.8) is 0 Å². The Hall–Kier alpha value is -2.76. The Bertz CT molecular complexity index is 1380. The quantitative estimate of drug-likeness (QED) is 0.503. The summed E-state index contributed by atoms with van der Waals surface area (Å²) in [5.41, 5.74) is 9.81. The van der Waals surface area contributed by atoms with Crippen molar-refractivity contribution in [2.75, 3.05) is 42.3 Å². The predicted octanol–water partition coefficient (Wildman–Crippen LogP) is 2.81. The average Bonchev–Trinajstić information content (AvgIpc) is 3.40. The number of nitrogens with two attached hydrogens (primary N) is 1. The summed E-state index contributed by atoms with van der Waals surface area (Å²) in [6.07, 6.45) is 7.08. The number of hydrogen-bond donors (Lipinski definition) is 3. The van der Waals surface area contributed by atoms with Gasteiger partial charge in [0.15, 0.2) is 17.0 Å². The summed E-state index contributed by atoms with van der Waals surface area (Å²) in [6, 6.07) is 5.76. The minimum absolute atomic E-state index is 0.0655. The van der Waals surface area contributed by atoms with Gasteiger partial charge >= 0.3 is 0 Å². The molecule has 35 heavy (non-hydrogen) atoms. The van der Waals surface area contributed by atoms with Crippen molar-refractivity contribution in [3.8, 4) is 0 Å². The second-order valence-corrected chi connectivity index (χ2v) is 12.3. The molecule has 0 bridgehead atoms. The zero-order chi connectivity index (χ0) is 24.4. The third kappa shape index (κ3) is 3.68. The zero-order valence-electron chi connectivity index (χ0n) is 20.2. The molecular weight excluding hydrogens is 464 g/mol. The van der Waals surface area contributed by atoms with Crippen LogP contribution in [0.4, 0.5) is 17.3 Å². The van der Waals surface area contributed by atoms with E-state index in [2.05, 4.69) is 26.9 Å². The van der Waals surface area contributed by atoms with Gasteiger partial charge in [-0.1, -0.05) is 6.07 Å². The molecule has 6 rings (SSSR count). The van der Waals surface area contributed by atoms with E-state index in [9.17, 15) is 4.21 Å². The van der Waals surface area contributed by atoms with Crippen LogP contribution < -0.4 is 15.5 Å². The fourth-order valence-electron chi connectivity index (χ4n) is 5.95. The molecule has 11 heteroatoms. The first-order chi connectivity index (χ1) is 16.8. The van der Waals surface area contributed by atoms with Gasteiger partial charge in [0.25, 0.3) is 0 Å². The van der Waals surface area contributed by atoms with Gasteiger partial charge in [0, 0.05) is 43.0 Å². The van der Waals surface area contributed by atoms with Crippen LogP contribution in [0.5, 0.6) is 0 Å². The molecule has 186 valence electrons. The number of piperidine rings is 1. The summed E-state index contributed by atoms with van der Waals surface area (Å²) >= 11 is 0. The van der Waals surface area contributed by atoms with Gasteiger partial charge in [0.1, 0.15) is 5.82 Å². The van der Waals surface area contributed by atoms with E-state index in [1.165, 1.54) is 6.26 Å². The summed E-state index contributed by atoms with van der Waals surface area (Å²) in [4.78, 5) is 14.6. The molecule has 0 saturated carbocycles. The first-order valence-corrected chi connectivity index (χ1v) is 14.2. The van der Waals surface area contributed by atoms with E-state index >= 15 is 0 Å². The van der Waals surface area contributed by atoms with E-state index in [1.54, 1.807) is 6.07 Å². The number of hydrogen-bond acceptors (Lipinski definition) is 9. The molecule has 2 aromatic heterocycles. The summed E-state index contributed by atoms with van der Waals surface area (Å²) in [5, 5.41) is 7.65. The smallest absolute Gasteiger partial charge is 0.183 e. The van der Waals surface area contributed by atoms with Crippen molar-refractivity contribution < 1.29 is 8.95 Å². The highest BCUT2D eigenvalue weighted by Crippen LogP contribution is 2.42. The first-order valence-electron chi connectivity index (χ1n) is 12.2. The highest BCUT2D eigenvalue weighted by Gasteiger charge is 2.47. The van der Waals surface area contributed by atoms with Crippen LogP contribution >= 0.6 is 0 Å². The maximum atomic E-state index is 12.6. The van der Waals surface area contributed by atoms with E-state index in [1.807, 2.05) is 18.3 Å². The Kier molecular flexibility index (Phi) is 5.28. The van der Waals surface area contributed by atoms with Crippen molar-refractivity contribution in [1.29, 1.82) is 4.78 Å². The average molecular weight is 497 g/mol. The van der Waals surface area contributed by atoms with Gasteiger partial charge in [-0.15, -0.1) is 0 Å². The summed E-state index contributed by atoms with van der Waals surface area (Å²) in [7, 11) is -2.82. The normalized spacial score (nSPS) is 25.7. The van der Waals surface area contributed by atoms with E-state index in [0.717, 1.165) is 69.0 Å². The Labute approximate surface area is 205 Å². The Morgan fingerprint density at radius 2 is 2.09 bits per heavy atom. The molecule has 3 aliphatic heterocycles. The summed E-state index contributed by atoms with van der Waals surface area (Å²) < 4.78 is 26.5. The summed E-state index contributed by atoms with van der Waals surface area (Å²) in [6.45, 7) is 5.32. The molecule has 3 aromatic rings. The fourth-order valence-corrected chi connectivity index (χ4v) is 6.97. The number of aromatic amines is 1. The lowest BCUT2D eigenvalue weighted by Gasteiger charge is -2.41. The molecule has 3 aliphatic rings. The SMILES string of the molecule is C[C@@H]1OCC2(CCN(c3cnc4c(N5CCCc6c5cccc6[S@@](C)(=N)=O)n[nH]c4n3)CC2)[C@@H]1N. The number of ether oxygens (including phenoxy) is 1. The van der Waals surface area contributed by atoms with E-state index in [-0.39, 0.29) is 17.6 Å². The Balaban J connectivity index is 1.28. The maximum absolute atomic E-state index is 12.6. The number of anilines is 3. The summed E-state index contributed by atoms with van der Waals surface area (Å²) in [5.74, 6) is 1.55. The third-order valence-corrected chi connectivity index (χ3v) is 9.27. The van der Waals surface area contributed by atoms with Crippen LogP contribution in [-0.2, 0) is 20.9 Å². The standard InChI is InChI=1S/C24H32N8O2S/c1-15-21(25)24(14-34-15)8-11-31(12-9-24)19-13-27-20-22(28-19)29-30-23(20)32-10-4-5-16-17(32)6-3-7-18(16)35(2,26)33/h3,6-7,13,15,21,26H,4-5,8-12,14,25H2,1-2H3,(H,28,29,30)/t15-,21+,35-/m0/s1. The first kappa shape index (κ1) is 22.7. The van der Waals surface area contributed by atoms with Crippen LogP contribution in [0.1, 0.15) is 31.7 Å². The lowest BCUT2D eigenvalue weighted by molar-refractivity contribution is 0.0974. The second-order valence-electron chi connectivity index (χ2n) is 10.2. The molecule has 4 N–H and O–H groups in total. The van der Waals surface area contributed by atoms with Crippen LogP contribution in [0.25, 0.3) is 11.2 Å². The predicted molar refractivity (Wildman–Crippen MR) is 136 cm³/mol. The topological polar surface area (TPSA) is 137 Å². The largest absolute Gasteiger partial charge is 0.376 e. The molecule has 0 radical (unpaired) electrons. The lowest BCUT2D eigenvalue weighted by atomic mass is 9.73. The number of benzene rings is 1. The molecule has 0 unspecified atom stereocenters. The number of nitrogens with one attached hydrogen (secondary N) is 2. The van der Waals surface area contributed by atoms with Gasteiger partial charge in [-0.3, -0.25) is 5.10 Å². The number of rotatable bonds is 3. The van der Waals surface area contributed by atoms with Gasteiger partial charge in [-0.2, -0.15) is 5.10 Å². The highest BCUT2D eigenvalue weighted by atomic mass is 32.2. The van der Waals surface area contributed by atoms with Gasteiger partial charge in [0.2, 0.25) is 0 Å². The van der Waals surface area contributed by atoms with Crippen LogP contribution in [0.2, 0.25) is 0 Å². The van der Waals surface area contributed by atoms with Gasteiger partial charge in [-0.25, -0.2) is 19.0 Å². The molecule has 2 fully saturated rings. The maximum Gasteiger partial charge on any atom is 0.183 e. The van der Waals surface area contributed by atoms with Crippen LogP contribution in [0, 0.1) is 10.2 Å². The van der Waals surface area contributed by atoms with E-state index < -0.39 is 9.73 Å². The number of fused-ring (bicyclic) bond motifs is 2. The second kappa shape index (κ2) is 8.14. The molecule has 1 spiro atoms. The molecule has 1 aromatic carbocycles. The zero-order valence-corrected chi connectivity index (χ0v) is 21.0. The number of aromatic nitrogens is 4. The van der Waals surface area contributed by atoms with Crippen molar-refractivity contribution >= 4 is 38.2 Å². The number of H-pyrrole nitrogens is 1. The van der Waals surface area contributed by atoms with Crippen molar-refractivity contribution in [3.05, 3.63) is 30.0 Å². The molecule has 10 nitrogen and oxygen atoms in total.